The van der Waals surface area contributed by atoms with Crippen LogP contribution in [0.5, 0.6) is 11.5 Å². The molecule has 0 fully saturated rings. The molecule has 0 amide bonds. The summed E-state index contributed by atoms with van der Waals surface area (Å²) in [6.07, 6.45) is 0.562. The summed E-state index contributed by atoms with van der Waals surface area (Å²) in [5.74, 6) is -1.04. The van der Waals surface area contributed by atoms with Crippen LogP contribution in [0.3, 0.4) is 0 Å². The van der Waals surface area contributed by atoms with E-state index in [0.29, 0.717) is 22.8 Å². The van der Waals surface area contributed by atoms with Gasteiger partial charge in [-0.3, -0.25) is 9.11 Å². The van der Waals surface area contributed by atoms with Crippen LogP contribution in [-0.4, -0.2) is 42.8 Å². The molecule has 11 nitrogen and oxygen atoms in total. The Balaban J connectivity index is 1.98. The maximum atomic E-state index is 11.7. The number of fused-ring (bicyclic) bond motifs is 1. The van der Waals surface area contributed by atoms with Crippen LogP contribution in [0.25, 0.3) is 10.8 Å². The molecule has 0 spiro atoms. The van der Waals surface area contributed by atoms with Crippen LogP contribution in [0.15, 0.2) is 57.6 Å². The summed E-state index contributed by atoms with van der Waals surface area (Å²) in [4.78, 5) is -0.730. The number of azo groups is 1. The summed E-state index contributed by atoms with van der Waals surface area (Å²) in [6, 6.07) is 10.5. The second-order valence-electron chi connectivity index (χ2n) is 7.15. The molecule has 176 valence electrons. The maximum Gasteiger partial charge on any atom is 0.397 e. The molecule has 0 bridgehead atoms. The van der Waals surface area contributed by atoms with Crippen molar-refractivity contribution < 1.29 is 40.3 Å². The van der Waals surface area contributed by atoms with E-state index in [9.17, 15) is 31.6 Å². The van der Waals surface area contributed by atoms with E-state index < -0.39 is 31.2 Å². The van der Waals surface area contributed by atoms with Crippen molar-refractivity contribution in [3.63, 3.8) is 0 Å². The van der Waals surface area contributed by atoms with Gasteiger partial charge in [-0.15, -0.1) is 10.2 Å². The standard InChI is InChI=1S/C20H20N2O9S2/c1-12-4-6-15-14(9-12)11-18(32(25,26)27)20(24)19(15)22-21-16-10-13(5-7-17(16)23)3-2-8-31-33(28,29)30/h4-7,9-11,23-24H,2-3,8H2,1H3,(H,25,26,27)(H,28,29,30). The van der Waals surface area contributed by atoms with E-state index in [-0.39, 0.29) is 30.2 Å². The van der Waals surface area contributed by atoms with E-state index in [4.69, 9.17) is 4.55 Å². The Morgan fingerprint density at radius 3 is 2.33 bits per heavy atom. The fraction of sp³-hybridized carbons (Fsp3) is 0.200. The number of aromatic hydroxyl groups is 2. The van der Waals surface area contributed by atoms with E-state index in [1.54, 1.807) is 31.2 Å². The lowest BCUT2D eigenvalue weighted by Crippen LogP contribution is -2.05. The molecule has 0 aliphatic heterocycles. The minimum absolute atomic E-state index is 0.000110. The third-order valence-corrected chi connectivity index (χ3v) is 5.96. The van der Waals surface area contributed by atoms with Gasteiger partial charge in [0.25, 0.3) is 10.1 Å². The van der Waals surface area contributed by atoms with E-state index in [0.717, 1.165) is 11.6 Å². The minimum Gasteiger partial charge on any atom is -0.506 e. The molecule has 3 aromatic carbocycles. The quantitative estimate of drug-likeness (QED) is 0.203. The molecule has 0 aliphatic carbocycles. The van der Waals surface area contributed by atoms with Gasteiger partial charge in [0.15, 0.2) is 5.75 Å². The zero-order valence-corrected chi connectivity index (χ0v) is 18.8. The number of aryl methyl sites for hydroxylation is 2. The molecule has 0 saturated heterocycles. The van der Waals surface area contributed by atoms with Crippen molar-refractivity contribution in [3.8, 4) is 11.5 Å². The number of hydrogen-bond acceptors (Lipinski definition) is 9. The fourth-order valence-electron chi connectivity index (χ4n) is 3.12. The van der Waals surface area contributed by atoms with Crippen molar-refractivity contribution in [1.29, 1.82) is 0 Å². The van der Waals surface area contributed by atoms with Crippen molar-refractivity contribution in [2.45, 2.75) is 24.7 Å². The highest BCUT2D eigenvalue weighted by Crippen LogP contribution is 2.42. The summed E-state index contributed by atoms with van der Waals surface area (Å²) in [7, 11) is -9.28. The summed E-state index contributed by atoms with van der Waals surface area (Å²) in [5.41, 5.74) is 1.23. The lowest BCUT2D eigenvalue weighted by atomic mass is 10.1. The molecule has 0 unspecified atom stereocenters. The van der Waals surface area contributed by atoms with E-state index in [1.165, 1.54) is 12.1 Å². The highest BCUT2D eigenvalue weighted by Gasteiger charge is 2.21. The molecule has 33 heavy (non-hydrogen) atoms. The first kappa shape index (κ1) is 24.5. The van der Waals surface area contributed by atoms with Gasteiger partial charge in [-0.05, 0) is 48.9 Å². The monoisotopic (exact) mass is 496 g/mol. The van der Waals surface area contributed by atoms with E-state index in [2.05, 4.69) is 14.4 Å². The average Bonchev–Trinajstić information content (AvgIpc) is 2.70. The second-order valence-corrected chi connectivity index (χ2v) is 9.63. The number of rotatable bonds is 8. The molecule has 0 heterocycles. The van der Waals surface area contributed by atoms with Crippen LogP contribution in [0.1, 0.15) is 17.5 Å². The Morgan fingerprint density at radius 1 is 0.939 bits per heavy atom. The lowest BCUT2D eigenvalue weighted by Gasteiger charge is -2.09. The second kappa shape index (κ2) is 9.41. The Hall–Kier alpha value is -3.10. The number of phenols is 2. The van der Waals surface area contributed by atoms with E-state index in [1.807, 2.05) is 0 Å². The van der Waals surface area contributed by atoms with Gasteiger partial charge in [-0.2, -0.15) is 16.8 Å². The smallest absolute Gasteiger partial charge is 0.397 e. The van der Waals surface area contributed by atoms with Crippen LogP contribution >= 0.6 is 0 Å². The van der Waals surface area contributed by atoms with Gasteiger partial charge in [-0.25, -0.2) is 4.18 Å². The molecule has 0 radical (unpaired) electrons. The summed E-state index contributed by atoms with van der Waals surface area (Å²) in [5, 5.41) is 29.2. The van der Waals surface area contributed by atoms with Crippen LogP contribution in [-0.2, 0) is 31.1 Å². The largest absolute Gasteiger partial charge is 0.506 e. The molecule has 0 saturated carbocycles. The lowest BCUT2D eigenvalue weighted by molar-refractivity contribution is 0.265. The predicted molar refractivity (Wildman–Crippen MR) is 118 cm³/mol. The number of phenolic OH excluding ortho intramolecular Hbond substituents is 2. The molecule has 3 aromatic rings. The third-order valence-electron chi connectivity index (χ3n) is 4.62. The highest BCUT2D eigenvalue weighted by molar-refractivity contribution is 7.86. The Morgan fingerprint density at radius 2 is 1.67 bits per heavy atom. The first-order chi connectivity index (χ1) is 15.3. The van der Waals surface area contributed by atoms with Gasteiger partial charge >= 0.3 is 10.4 Å². The van der Waals surface area contributed by atoms with E-state index >= 15 is 0 Å². The van der Waals surface area contributed by atoms with Crippen molar-refractivity contribution in [2.75, 3.05) is 6.61 Å². The maximum absolute atomic E-state index is 11.7. The zero-order valence-electron chi connectivity index (χ0n) is 17.2. The van der Waals surface area contributed by atoms with Gasteiger partial charge in [0, 0.05) is 5.39 Å². The molecular weight excluding hydrogens is 476 g/mol. The first-order valence-electron chi connectivity index (χ1n) is 9.44. The minimum atomic E-state index is -4.76. The zero-order chi connectivity index (χ0) is 24.4. The average molecular weight is 497 g/mol. The van der Waals surface area contributed by atoms with Gasteiger partial charge in [0.05, 0.1) is 6.61 Å². The van der Waals surface area contributed by atoms with Crippen molar-refractivity contribution >= 4 is 42.7 Å². The Bertz CT molecular complexity index is 1450. The molecule has 3 rings (SSSR count). The normalized spacial score (nSPS) is 12.6. The van der Waals surface area contributed by atoms with Gasteiger partial charge < -0.3 is 10.2 Å². The molecule has 13 heteroatoms. The van der Waals surface area contributed by atoms with Crippen LogP contribution in [0, 0.1) is 6.92 Å². The molecule has 4 N–H and O–H groups in total. The highest BCUT2D eigenvalue weighted by atomic mass is 32.3. The Kier molecular flexibility index (Phi) is 7.00. The van der Waals surface area contributed by atoms with Crippen molar-refractivity contribution in [1.82, 2.24) is 0 Å². The molecule has 0 atom stereocenters. The van der Waals surface area contributed by atoms with Crippen LogP contribution in [0.2, 0.25) is 0 Å². The number of hydrogen-bond donors (Lipinski definition) is 4. The topological polar surface area (TPSA) is 183 Å². The first-order valence-corrected chi connectivity index (χ1v) is 12.2. The van der Waals surface area contributed by atoms with Gasteiger partial charge in [-0.1, -0.05) is 29.8 Å². The SMILES string of the molecule is Cc1ccc2c(N=Nc3cc(CCCOS(=O)(=O)O)ccc3O)c(O)c(S(=O)(=O)O)cc2c1. The predicted octanol–water partition coefficient (Wildman–Crippen LogP) is 3.97. The fourth-order valence-corrected chi connectivity index (χ4v) is 4.06. The van der Waals surface area contributed by atoms with Crippen LogP contribution in [0.4, 0.5) is 11.4 Å². The number of nitrogens with zero attached hydrogens (tertiary/aromatic N) is 2. The Labute approximate surface area is 189 Å². The third kappa shape index (κ3) is 6.24. The molecule has 0 aliphatic rings. The number of benzene rings is 3. The van der Waals surface area contributed by atoms with Crippen LogP contribution < -0.4 is 0 Å². The molecule has 0 aromatic heterocycles. The van der Waals surface area contributed by atoms with Crippen molar-refractivity contribution in [2.24, 2.45) is 10.2 Å². The summed E-state index contributed by atoms with van der Waals surface area (Å²) < 4.78 is 66.9. The van der Waals surface area contributed by atoms with Crippen molar-refractivity contribution in [3.05, 3.63) is 53.6 Å². The van der Waals surface area contributed by atoms with Gasteiger partial charge in [0.2, 0.25) is 0 Å². The van der Waals surface area contributed by atoms with Gasteiger partial charge in [0.1, 0.15) is 22.0 Å². The summed E-state index contributed by atoms with van der Waals surface area (Å²) >= 11 is 0. The molecular formula is C20H20N2O9S2. The summed E-state index contributed by atoms with van der Waals surface area (Å²) in [6.45, 7) is 1.53.